The molecule has 0 spiro atoms. The van der Waals surface area contributed by atoms with E-state index < -0.39 is 6.04 Å². The van der Waals surface area contributed by atoms with Gasteiger partial charge in [-0.2, -0.15) is 0 Å². The first kappa shape index (κ1) is 20.1. The van der Waals surface area contributed by atoms with E-state index in [0.29, 0.717) is 30.9 Å². The van der Waals surface area contributed by atoms with Crippen molar-refractivity contribution < 1.29 is 14.4 Å². The van der Waals surface area contributed by atoms with Crippen LogP contribution in [0.4, 0.5) is 0 Å². The van der Waals surface area contributed by atoms with Crippen molar-refractivity contribution in [3.05, 3.63) is 34.9 Å². The number of benzene rings is 1. The van der Waals surface area contributed by atoms with E-state index in [1.165, 1.54) is 31.4 Å². The topological polar surface area (TPSA) is 69.7 Å². The van der Waals surface area contributed by atoms with Crippen LogP contribution in [0.5, 0.6) is 0 Å². The molecule has 1 N–H and O–H groups in total. The van der Waals surface area contributed by atoms with E-state index in [9.17, 15) is 14.4 Å². The number of fused-ring (bicyclic) bond motifs is 1. The number of carbonyl (C=O) groups is 3. The molecule has 1 aromatic rings. The fraction of sp³-hybridized carbons (Fsp3) is 0.609. The molecule has 0 aliphatic carbocycles. The fourth-order valence-corrected chi connectivity index (χ4v) is 4.92. The minimum atomic E-state index is -0.539. The Morgan fingerprint density at radius 1 is 1.07 bits per heavy atom. The SMILES string of the molecule is CCCCCN1CCC(c2ccc3c(c2)CN(C2CCC(=O)NC2=O)C3=O)CC1. The van der Waals surface area contributed by atoms with Gasteiger partial charge in [-0.15, -0.1) is 0 Å². The van der Waals surface area contributed by atoms with Crippen molar-refractivity contribution in [2.75, 3.05) is 19.6 Å². The molecule has 3 aliphatic rings. The van der Waals surface area contributed by atoms with Crippen LogP contribution < -0.4 is 5.32 Å². The van der Waals surface area contributed by atoms with Gasteiger partial charge in [0.1, 0.15) is 6.04 Å². The summed E-state index contributed by atoms with van der Waals surface area (Å²) in [6, 6.07) is 5.67. The van der Waals surface area contributed by atoms with E-state index in [0.717, 1.165) is 31.5 Å². The number of imide groups is 1. The number of hydrogen-bond acceptors (Lipinski definition) is 4. The number of rotatable bonds is 6. The molecule has 4 rings (SSSR count). The lowest BCUT2D eigenvalue weighted by atomic mass is 9.88. The first-order valence-electron chi connectivity index (χ1n) is 11.1. The lowest BCUT2D eigenvalue weighted by Gasteiger charge is -2.32. The molecule has 3 heterocycles. The average Bonchev–Trinajstić information content (AvgIpc) is 3.04. The molecular weight excluding hydrogens is 366 g/mol. The molecule has 3 aliphatic heterocycles. The smallest absolute Gasteiger partial charge is 0.255 e. The van der Waals surface area contributed by atoms with Crippen molar-refractivity contribution in [2.24, 2.45) is 0 Å². The van der Waals surface area contributed by atoms with Gasteiger partial charge in [-0.05, 0) is 68.4 Å². The Morgan fingerprint density at radius 3 is 2.59 bits per heavy atom. The Balaban J connectivity index is 1.39. The largest absolute Gasteiger partial charge is 0.322 e. The van der Waals surface area contributed by atoms with Crippen LogP contribution in [0.15, 0.2) is 18.2 Å². The molecule has 3 amide bonds. The van der Waals surface area contributed by atoms with Gasteiger partial charge >= 0.3 is 0 Å². The highest BCUT2D eigenvalue weighted by atomic mass is 16.2. The summed E-state index contributed by atoms with van der Waals surface area (Å²) in [5, 5.41) is 2.36. The van der Waals surface area contributed by atoms with Crippen LogP contribution in [-0.2, 0) is 16.1 Å². The van der Waals surface area contributed by atoms with Crippen molar-refractivity contribution >= 4 is 17.7 Å². The third kappa shape index (κ3) is 4.22. The summed E-state index contributed by atoms with van der Waals surface area (Å²) >= 11 is 0. The van der Waals surface area contributed by atoms with E-state index in [1.807, 2.05) is 6.07 Å². The third-order valence-corrected chi connectivity index (χ3v) is 6.68. The molecule has 29 heavy (non-hydrogen) atoms. The number of hydrogen-bond donors (Lipinski definition) is 1. The molecular formula is C23H31N3O3. The van der Waals surface area contributed by atoms with E-state index >= 15 is 0 Å². The molecule has 6 heteroatoms. The van der Waals surface area contributed by atoms with Gasteiger partial charge in [-0.3, -0.25) is 19.7 Å². The van der Waals surface area contributed by atoms with Crippen molar-refractivity contribution in [3.63, 3.8) is 0 Å². The van der Waals surface area contributed by atoms with Crippen molar-refractivity contribution in [2.45, 2.75) is 70.4 Å². The minimum Gasteiger partial charge on any atom is -0.322 e. The third-order valence-electron chi connectivity index (χ3n) is 6.68. The van der Waals surface area contributed by atoms with Crippen molar-refractivity contribution in [1.82, 2.24) is 15.1 Å². The van der Waals surface area contributed by atoms with Crippen LogP contribution >= 0.6 is 0 Å². The zero-order valence-corrected chi connectivity index (χ0v) is 17.3. The Bertz CT molecular complexity index is 799. The van der Waals surface area contributed by atoms with Crippen LogP contribution in [0, 0.1) is 0 Å². The van der Waals surface area contributed by atoms with Gasteiger partial charge in [0.25, 0.3) is 5.91 Å². The predicted molar refractivity (Wildman–Crippen MR) is 110 cm³/mol. The number of unbranched alkanes of at least 4 members (excludes halogenated alkanes) is 2. The molecule has 0 radical (unpaired) electrons. The maximum absolute atomic E-state index is 12.8. The van der Waals surface area contributed by atoms with Crippen LogP contribution in [-0.4, -0.2) is 53.2 Å². The fourth-order valence-electron chi connectivity index (χ4n) is 4.92. The minimum absolute atomic E-state index is 0.0909. The Kier molecular flexibility index (Phi) is 5.99. The van der Waals surface area contributed by atoms with Gasteiger partial charge in [0.2, 0.25) is 11.8 Å². The van der Waals surface area contributed by atoms with E-state index in [1.54, 1.807) is 4.90 Å². The lowest BCUT2D eigenvalue weighted by Crippen LogP contribution is -2.52. The molecule has 0 bridgehead atoms. The van der Waals surface area contributed by atoms with Crippen molar-refractivity contribution in [3.8, 4) is 0 Å². The second-order valence-corrected chi connectivity index (χ2v) is 8.64. The summed E-state index contributed by atoms with van der Waals surface area (Å²) < 4.78 is 0. The van der Waals surface area contributed by atoms with Gasteiger partial charge in [-0.1, -0.05) is 31.9 Å². The van der Waals surface area contributed by atoms with Crippen LogP contribution in [0.2, 0.25) is 0 Å². The molecule has 0 aromatic heterocycles. The molecule has 2 saturated heterocycles. The van der Waals surface area contributed by atoms with Crippen molar-refractivity contribution in [1.29, 1.82) is 0 Å². The Morgan fingerprint density at radius 2 is 1.86 bits per heavy atom. The standard InChI is InChI=1S/C23H31N3O3/c1-2-3-4-11-25-12-9-16(10-13-25)17-5-6-19-18(14-17)15-26(23(19)29)20-7-8-21(27)24-22(20)28/h5-6,14,16,20H,2-4,7-13,15H2,1H3,(H,24,27,28). The van der Waals surface area contributed by atoms with Crippen LogP contribution in [0.3, 0.4) is 0 Å². The monoisotopic (exact) mass is 397 g/mol. The molecule has 2 fully saturated rings. The number of likely N-dealkylation sites (tertiary alicyclic amines) is 1. The van der Waals surface area contributed by atoms with Gasteiger partial charge in [0.05, 0.1) is 0 Å². The summed E-state index contributed by atoms with van der Waals surface area (Å²) in [4.78, 5) is 40.7. The van der Waals surface area contributed by atoms with Crippen LogP contribution in [0.1, 0.15) is 79.3 Å². The zero-order valence-electron chi connectivity index (χ0n) is 17.3. The summed E-state index contributed by atoms with van der Waals surface area (Å²) in [6.45, 7) is 6.20. The average molecular weight is 398 g/mol. The number of nitrogens with one attached hydrogen (secondary N) is 1. The lowest BCUT2D eigenvalue weighted by molar-refractivity contribution is -0.136. The summed E-state index contributed by atoms with van der Waals surface area (Å²) in [5.74, 6) is -0.147. The van der Waals surface area contributed by atoms with Gasteiger partial charge in [0.15, 0.2) is 0 Å². The second kappa shape index (κ2) is 8.66. The summed E-state index contributed by atoms with van der Waals surface area (Å²) in [7, 11) is 0. The highest BCUT2D eigenvalue weighted by molar-refractivity contribution is 6.05. The number of amides is 3. The summed E-state index contributed by atoms with van der Waals surface area (Å²) in [6.07, 6.45) is 6.89. The zero-order chi connectivity index (χ0) is 20.4. The first-order chi connectivity index (χ1) is 14.1. The maximum Gasteiger partial charge on any atom is 0.255 e. The van der Waals surface area contributed by atoms with E-state index in [2.05, 4.69) is 29.3 Å². The highest BCUT2D eigenvalue weighted by Gasteiger charge is 2.39. The molecule has 1 aromatic carbocycles. The molecule has 156 valence electrons. The molecule has 1 atom stereocenters. The van der Waals surface area contributed by atoms with Gasteiger partial charge < -0.3 is 9.80 Å². The summed E-state index contributed by atoms with van der Waals surface area (Å²) in [5.41, 5.74) is 3.04. The maximum atomic E-state index is 12.8. The van der Waals surface area contributed by atoms with Gasteiger partial charge in [0, 0.05) is 18.5 Å². The van der Waals surface area contributed by atoms with Crippen LogP contribution in [0.25, 0.3) is 0 Å². The number of carbonyl (C=O) groups excluding carboxylic acids is 3. The second-order valence-electron chi connectivity index (χ2n) is 8.64. The predicted octanol–water partition coefficient (Wildman–Crippen LogP) is 2.82. The van der Waals surface area contributed by atoms with E-state index in [-0.39, 0.29) is 17.7 Å². The quantitative estimate of drug-likeness (QED) is 0.592. The number of piperidine rings is 2. The first-order valence-corrected chi connectivity index (χ1v) is 11.1. The molecule has 6 nitrogen and oxygen atoms in total. The Labute approximate surface area is 172 Å². The Hall–Kier alpha value is -2.21. The van der Waals surface area contributed by atoms with E-state index in [4.69, 9.17) is 0 Å². The normalized spacial score (nSPS) is 23.4. The molecule has 1 unspecified atom stereocenters. The molecule has 0 saturated carbocycles. The number of nitrogens with zero attached hydrogens (tertiary/aromatic N) is 2. The van der Waals surface area contributed by atoms with Gasteiger partial charge in [-0.25, -0.2) is 0 Å². The highest BCUT2D eigenvalue weighted by Crippen LogP contribution is 2.33.